The normalized spacial score (nSPS) is 21.3. The second-order valence-electron chi connectivity index (χ2n) is 5.17. The van der Waals surface area contributed by atoms with Crippen LogP contribution in [0.25, 0.3) is 0 Å². The number of likely N-dealkylation sites (N-methyl/N-ethyl adjacent to an activating group) is 1. The number of aliphatic carboxylic acids is 1. The third kappa shape index (κ3) is 3.69. The van der Waals surface area contributed by atoms with E-state index >= 15 is 0 Å². The van der Waals surface area contributed by atoms with E-state index in [0.717, 1.165) is 5.69 Å². The summed E-state index contributed by atoms with van der Waals surface area (Å²) in [6, 6.07) is 4.24. The maximum absolute atomic E-state index is 12.3. The van der Waals surface area contributed by atoms with Crippen LogP contribution in [0.15, 0.2) is 24.4 Å². The van der Waals surface area contributed by atoms with E-state index in [-0.39, 0.29) is 19.0 Å². The Kier molecular flexibility index (Phi) is 4.74. The van der Waals surface area contributed by atoms with Crippen LogP contribution in [0, 0.1) is 0 Å². The lowest BCUT2D eigenvalue weighted by molar-refractivity contribution is -0.141. The molecule has 0 bridgehead atoms. The lowest BCUT2D eigenvalue weighted by atomic mass is 10.2. The van der Waals surface area contributed by atoms with Gasteiger partial charge in [-0.3, -0.25) is 4.98 Å². The van der Waals surface area contributed by atoms with Crippen molar-refractivity contribution in [1.29, 1.82) is 0 Å². The second-order valence-corrected chi connectivity index (χ2v) is 5.17. The van der Waals surface area contributed by atoms with Gasteiger partial charge < -0.3 is 20.0 Å². The predicted molar refractivity (Wildman–Crippen MR) is 74.7 cm³/mol. The Bertz CT molecular complexity index is 508. The summed E-state index contributed by atoms with van der Waals surface area (Å²) < 4.78 is 0. The van der Waals surface area contributed by atoms with Crippen LogP contribution in [0.2, 0.25) is 0 Å². The molecule has 0 radical (unpaired) electrons. The van der Waals surface area contributed by atoms with Crippen LogP contribution in [0.3, 0.4) is 0 Å². The fourth-order valence-electron chi connectivity index (χ4n) is 2.40. The smallest absolute Gasteiger partial charge is 0.326 e. The average molecular weight is 293 g/mol. The molecule has 0 unspecified atom stereocenters. The number of hydrogen-bond acceptors (Lipinski definition) is 4. The fourth-order valence-corrected chi connectivity index (χ4v) is 2.40. The Hall–Kier alpha value is -2.15. The van der Waals surface area contributed by atoms with E-state index in [2.05, 4.69) is 4.98 Å². The van der Waals surface area contributed by atoms with E-state index in [0.29, 0.717) is 13.0 Å². The van der Waals surface area contributed by atoms with E-state index < -0.39 is 18.1 Å². The summed E-state index contributed by atoms with van der Waals surface area (Å²) in [6.45, 7) is 0.499. The summed E-state index contributed by atoms with van der Waals surface area (Å²) in [5, 5.41) is 18.7. The Morgan fingerprint density at radius 1 is 1.48 bits per heavy atom. The highest BCUT2D eigenvalue weighted by Crippen LogP contribution is 2.19. The molecular weight excluding hydrogens is 274 g/mol. The van der Waals surface area contributed by atoms with Crippen LogP contribution in [0.1, 0.15) is 12.1 Å². The number of aliphatic hydroxyl groups is 1. The van der Waals surface area contributed by atoms with Crippen LogP contribution in [0.5, 0.6) is 0 Å². The topological polar surface area (TPSA) is 94.0 Å². The van der Waals surface area contributed by atoms with E-state index in [1.54, 1.807) is 13.2 Å². The monoisotopic (exact) mass is 293 g/mol. The number of aliphatic hydroxyl groups excluding tert-OH is 1. The highest BCUT2D eigenvalue weighted by Gasteiger charge is 2.39. The molecule has 21 heavy (non-hydrogen) atoms. The van der Waals surface area contributed by atoms with Crippen molar-refractivity contribution in [3.05, 3.63) is 30.1 Å². The number of likely N-dealkylation sites (tertiary alicyclic amines) is 1. The largest absolute Gasteiger partial charge is 0.480 e. The number of hydrogen-bond donors (Lipinski definition) is 2. The van der Waals surface area contributed by atoms with E-state index in [1.165, 1.54) is 9.80 Å². The van der Waals surface area contributed by atoms with Crippen molar-refractivity contribution in [2.45, 2.75) is 25.0 Å². The Labute approximate surface area is 122 Å². The molecule has 1 saturated heterocycles. The fraction of sp³-hybridized carbons (Fsp3) is 0.500. The van der Waals surface area contributed by atoms with Crippen molar-refractivity contribution in [1.82, 2.24) is 14.8 Å². The molecule has 7 nitrogen and oxygen atoms in total. The minimum Gasteiger partial charge on any atom is -0.480 e. The molecule has 1 aromatic rings. The molecule has 1 aliphatic rings. The average Bonchev–Trinajstić information content (AvgIpc) is 2.87. The van der Waals surface area contributed by atoms with Gasteiger partial charge in [-0.2, -0.15) is 0 Å². The van der Waals surface area contributed by atoms with Gasteiger partial charge in [-0.25, -0.2) is 9.59 Å². The number of carboxylic acid groups (broad SMARTS) is 1. The molecule has 1 aromatic heterocycles. The van der Waals surface area contributed by atoms with E-state index in [9.17, 15) is 14.7 Å². The van der Waals surface area contributed by atoms with Crippen molar-refractivity contribution in [3.63, 3.8) is 0 Å². The van der Waals surface area contributed by atoms with Gasteiger partial charge >= 0.3 is 12.0 Å². The minimum atomic E-state index is -1.09. The number of amides is 2. The van der Waals surface area contributed by atoms with E-state index in [1.807, 2.05) is 18.2 Å². The first-order chi connectivity index (χ1) is 9.99. The van der Waals surface area contributed by atoms with Gasteiger partial charge in [0.1, 0.15) is 6.04 Å². The van der Waals surface area contributed by atoms with Crippen LogP contribution in [0.4, 0.5) is 4.79 Å². The number of rotatable bonds is 4. The van der Waals surface area contributed by atoms with Crippen molar-refractivity contribution < 1.29 is 19.8 Å². The zero-order valence-corrected chi connectivity index (χ0v) is 11.8. The molecule has 0 aromatic carbocycles. The lowest BCUT2D eigenvalue weighted by Crippen LogP contribution is -2.47. The second kappa shape index (κ2) is 6.53. The molecule has 2 rings (SSSR count). The summed E-state index contributed by atoms with van der Waals surface area (Å²) in [4.78, 5) is 30.3. The van der Waals surface area contributed by atoms with Crippen molar-refractivity contribution >= 4 is 12.0 Å². The van der Waals surface area contributed by atoms with Crippen molar-refractivity contribution in [2.75, 3.05) is 20.1 Å². The van der Waals surface area contributed by atoms with Crippen LogP contribution >= 0.6 is 0 Å². The highest BCUT2D eigenvalue weighted by molar-refractivity contribution is 5.83. The summed E-state index contributed by atoms with van der Waals surface area (Å²) in [6.07, 6.45) is 1.58. The standard InChI is InChI=1S/C14H19N3O4/c1-16(7-5-10-4-2-3-6-15-10)14(21)17-9-11(18)8-12(17)13(19)20/h2-4,6,11-12,18H,5,7-9H2,1H3,(H,19,20)/t11-,12-/m1/s1. The SMILES string of the molecule is CN(CCc1ccccn1)C(=O)N1C[C@H](O)C[C@@H]1C(=O)O. The van der Waals surface area contributed by atoms with Crippen molar-refractivity contribution in [3.8, 4) is 0 Å². The van der Waals surface area contributed by atoms with E-state index in [4.69, 9.17) is 5.11 Å². The molecule has 114 valence electrons. The third-order valence-corrected chi connectivity index (χ3v) is 3.57. The molecule has 0 saturated carbocycles. The molecule has 1 aliphatic heterocycles. The molecule has 0 aliphatic carbocycles. The zero-order chi connectivity index (χ0) is 15.4. The zero-order valence-electron chi connectivity index (χ0n) is 11.8. The summed E-state index contributed by atoms with van der Waals surface area (Å²) in [5.74, 6) is -1.09. The highest BCUT2D eigenvalue weighted by atomic mass is 16.4. The lowest BCUT2D eigenvalue weighted by Gasteiger charge is -2.27. The number of carbonyl (C=O) groups excluding carboxylic acids is 1. The number of aromatic nitrogens is 1. The maximum Gasteiger partial charge on any atom is 0.326 e. The Morgan fingerprint density at radius 3 is 2.86 bits per heavy atom. The number of carbonyl (C=O) groups is 2. The molecular formula is C14H19N3O4. The Morgan fingerprint density at radius 2 is 2.24 bits per heavy atom. The first-order valence-electron chi connectivity index (χ1n) is 6.81. The molecule has 2 amide bonds. The van der Waals surface area contributed by atoms with Gasteiger partial charge in [-0.1, -0.05) is 6.07 Å². The number of β-amino-alcohol motifs (C(OH)–C–C–N with tert-alkyl or cyclic N) is 1. The third-order valence-electron chi connectivity index (χ3n) is 3.57. The van der Waals surface area contributed by atoms with Gasteiger partial charge in [-0.15, -0.1) is 0 Å². The van der Waals surface area contributed by atoms with Crippen LogP contribution < -0.4 is 0 Å². The number of urea groups is 1. The van der Waals surface area contributed by atoms with Gasteiger partial charge in [0.05, 0.1) is 6.10 Å². The van der Waals surface area contributed by atoms with Crippen LogP contribution in [-0.2, 0) is 11.2 Å². The minimum absolute atomic E-state index is 0.0593. The first-order valence-corrected chi connectivity index (χ1v) is 6.81. The summed E-state index contributed by atoms with van der Waals surface area (Å²) in [7, 11) is 1.62. The maximum atomic E-state index is 12.3. The molecule has 1 fully saturated rings. The van der Waals surface area contributed by atoms with Crippen molar-refractivity contribution in [2.24, 2.45) is 0 Å². The number of carboxylic acids is 1. The van der Waals surface area contributed by atoms with Gasteiger partial charge in [0.15, 0.2) is 0 Å². The van der Waals surface area contributed by atoms with Gasteiger partial charge in [0.2, 0.25) is 0 Å². The summed E-state index contributed by atoms with van der Waals surface area (Å²) in [5.41, 5.74) is 0.869. The number of pyridine rings is 1. The molecule has 7 heteroatoms. The first kappa shape index (κ1) is 15.2. The van der Waals surface area contributed by atoms with Gasteiger partial charge in [0.25, 0.3) is 0 Å². The van der Waals surface area contributed by atoms with Gasteiger partial charge in [-0.05, 0) is 12.1 Å². The summed E-state index contributed by atoms with van der Waals surface area (Å²) >= 11 is 0. The molecule has 0 spiro atoms. The Balaban J connectivity index is 1.94. The molecule has 2 N–H and O–H groups in total. The molecule has 2 atom stereocenters. The van der Waals surface area contributed by atoms with Gasteiger partial charge in [0, 0.05) is 44.9 Å². The predicted octanol–water partition coefficient (Wildman–Crippen LogP) is 0.196. The molecule has 2 heterocycles. The quantitative estimate of drug-likeness (QED) is 0.827. The number of nitrogens with zero attached hydrogens (tertiary/aromatic N) is 3. The van der Waals surface area contributed by atoms with Crippen LogP contribution in [-0.4, -0.2) is 69.3 Å².